The monoisotopic (exact) mass is 228 g/mol. The maximum absolute atomic E-state index is 11.4. The highest BCUT2D eigenvalue weighted by Gasteiger charge is 2.11. The second kappa shape index (κ2) is 5.16. The Morgan fingerprint density at radius 1 is 1.60 bits per heavy atom. The molecular weight excluding hydrogens is 212 g/mol. The minimum absolute atomic E-state index is 0.0818. The Morgan fingerprint density at radius 3 is 2.80 bits per heavy atom. The third-order valence-electron chi connectivity index (χ3n) is 1.92. The molecule has 0 radical (unpaired) electrons. The van der Waals surface area contributed by atoms with Crippen LogP contribution in [0, 0.1) is 0 Å². The van der Waals surface area contributed by atoms with Gasteiger partial charge in [0.2, 0.25) is 5.91 Å². The molecule has 1 heterocycles. The molecule has 0 N–H and O–H groups in total. The number of amides is 1. The number of carbonyl (C=O) groups is 1. The van der Waals surface area contributed by atoms with Crippen molar-refractivity contribution in [3.8, 4) is 0 Å². The molecule has 0 aromatic carbocycles. The lowest BCUT2D eigenvalue weighted by Gasteiger charge is -2.11. The summed E-state index contributed by atoms with van der Waals surface area (Å²) in [5.41, 5.74) is 0. The van der Waals surface area contributed by atoms with Crippen molar-refractivity contribution in [1.29, 1.82) is 0 Å². The molecule has 0 spiro atoms. The van der Waals surface area contributed by atoms with E-state index in [0.29, 0.717) is 11.8 Å². The van der Waals surface area contributed by atoms with Crippen LogP contribution < -0.4 is 0 Å². The smallest absolute Gasteiger partial charge is 0.232 e. The third-order valence-corrected chi connectivity index (χ3v) is 2.86. The van der Waals surface area contributed by atoms with E-state index in [9.17, 15) is 4.79 Å². The number of aromatic nitrogens is 3. The zero-order chi connectivity index (χ0) is 11.4. The lowest BCUT2D eigenvalue weighted by Crippen LogP contribution is -2.23. The zero-order valence-electron chi connectivity index (χ0n) is 9.47. The summed E-state index contributed by atoms with van der Waals surface area (Å²) in [6, 6.07) is 0.317. The summed E-state index contributed by atoms with van der Waals surface area (Å²) in [4.78, 5) is 12.9. The Hall–Kier alpha value is -1.04. The highest BCUT2D eigenvalue weighted by atomic mass is 32.2. The number of hydrogen-bond acceptors (Lipinski definition) is 4. The van der Waals surface area contributed by atoms with Gasteiger partial charge in [0.25, 0.3) is 0 Å². The van der Waals surface area contributed by atoms with Crippen molar-refractivity contribution in [1.82, 2.24) is 19.7 Å². The summed E-state index contributed by atoms with van der Waals surface area (Å²) in [5.74, 6) is 0.483. The van der Waals surface area contributed by atoms with Gasteiger partial charge in [0.15, 0.2) is 5.16 Å². The number of thioether (sulfide) groups is 1. The lowest BCUT2D eigenvalue weighted by atomic mass is 10.4. The van der Waals surface area contributed by atoms with Crippen LogP contribution in [0.2, 0.25) is 0 Å². The first-order valence-corrected chi connectivity index (χ1v) is 5.73. The van der Waals surface area contributed by atoms with Crippen LogP contribution in [-0.2, 0) is 4.79 Å². The van der Waals surface area contributed by atoms with E-state index < -0.39 is 0 Å². The molecule has 0 saturated carbocycles. The molecule has 0 fully saturated rings. The molecule has 1 aromatic rings. The Labute approximate surface area is 93.9 Å². The first-order chi connectivity index (χ1) is 7.02. The molecule has 0 aliphatic rings. The van der Waals surface area contributed by atoms with Gasteiger partial charge in [-0.1, -0.05) is 11.8 Å². The van der Waals surface area contributed by atoms with Crippen molar-refractivity contribution in [2.75, 3.05) is 19.8 Å². The molecule has 1 aromatic heterocycles. The van der Waals surface area contributed by atoms with Gasteiger partial charge in [0, 0.05) is 20.1 Å². The molecule has 0 aliphatic carbocycles. The molecule has 6 heteroatoms. The Kier molecular flexibility index (Phi) is 4.14. The Balaban J connectivity index is 2.58. The summed E-state index contributed by atoms with van der Waals surface area (Å²) in [5, 5.41) is 8.60. The summed E-state index contributed by atoms with van der Waals surface area (Å²) in [6.07, 6.45) is 1.69. The van der Waals surface area contributed by atoms with Crippen molar-refractivity contribution in [3.63, 3.8) is 0 Å². The highest BCUT2D eigenvalue weighted by molar-refractivity contribution is 7.99. The number of hydrogen-bond donors (Lipinski definition) is 0. The van der Waals surface area contributed by atoms with Gasteiger partial charge < -0.3 is 9.47 Å². The average Bonchev–Trinajstić information content (AvgIpc) is 2.61. The van der Waals surface area contributed by atoms with Gasteiger partial charge in [-0.25, -0.2) is 0 Å². The van der Waals surface area contributed by atoms with Gasteiger partial charge >= 0.3 is 0 Å². The SMILES string of the molecule is CC(C)n1cnnc1SCC(=O)N(C)C. The van der Waals surface area contributed by atoms with Crippen LogP contribution in [0.3, 0.4) is 0 Å². The van der Waals surface area contributed by atoms with Crippen LogP contribution in [0.4, 0.5) is 0 Å². The summed E-state index contributed by atoms with van der Waals surface area (Å²) in [6.45, 7) is 4.11. The van der Waals surface area contributed by atoms with E-state index in [0.717, 1.165) is 5.16 Å². The largest absolute Gasteiger partial charge is 0.348 e. The van der Waals surface area contributed by atoms with Crippen LogP contribution >= 0.6 is 11.8 Å². The van der Waals surface area contributed by atoms with Gasteiger partial charge in [0.1, 0.15) is 6.33 Å². The van der Waals surface area contributed by atoms with Crippen molar-refractivity contribution in [3.05, 3.63) is 6.33 Å². The first-order valence-electron chi connectivity index (χ1n) is 4.75. The fourth-order valence-electron chi connectivity index (χ4n) is 0.945. The van der Waals surface area contributed by atoms with Crippen molar-refractivity contribution in [2.45, 2.75) is 25.0 Å². The van der Waals surface area contributed by atoms with Crippen molar-refractivity contribution in [2.24, 2.45) is 0 Å². The minimum Gasteiger partial charge on any atom is -0.348 e. The molecule has 1 amide bonds. The van der Waals surface area contributed by atoms with Gasteiger partial charge in [-0.2, -0.15) is 0 Å². The molecule has 0 aliphatic heterocycles. The third kappa shape index (κ3) is 3.23. The standard InChI is InChI=1S/C9H16N4OS/c1-7(2)13-6-10-11-9(13)15-5-8(14)12(3)4/h6-7H,5H2,1-4H3. The van der Waals surface area contributed by atoms with Crippen LogP contribution in [0.5, 0.6) is 0 Å². The maximum Gasteiger partial charge on any atom is 0.232 e. The number of carbonyl (C=O) groups excluding carboxylic acids is 1. The zero-order valence-corrected chi connectivity index (χ0v) is 10.3. The molecule has 15 heavy (non-hydrogen) atoms. The maximum atomic E-state index is 11.4. The van der Waals surface area contributed by atoms with Gasteiger partial charge in [0.05, 0.1) is 5.75 Å². The fourth-order valence-corrected chi connectivity index (χ4v) is 1.97. The molecule has 1 rings (SSSR count). The van der Waals surface area contributed by atoms with Crippen molar-refractivity contribution >= 4 is 17.7 Å². The van der Waals surface area contributed by atoms with E-state index in [2.05, 4.69) is 24.0 Å². The van der Waals surface area contributed by atoms with E-state index in [4.69, 9.17) is 0 Å². The normalized spacial score (nSPS) is 10.7. The predicted octanol–water partition coefficient (Wildman–Crippen LogP) is 1.04. The van der Waals surface area contributed by atoms with Gasteiger partial charge in [-0.05, 0) is 13.8 Å². The Bertz CT molecular complexity index is 335. The van der Waals surface area contributed by atoms with Gasteiger partial charge in [-0.15, -0.1) is 10.2 Å². The fraction of sp³-hybridized carbons (Fsp3) is 0.667. The second-order valence-electron chi connectivity index (χ2n) is 3.69. The van der Waals surface area contributed by atoms with E-state index >= 15 is 0 Å². The minimum atomic E-state index is 0.0818. The first kappa shape index (κ1) is 12.0. The summed E-state index contributed by atoms with van der Waals surface area (Å²) in [7, 11) is 3.49. The summed E-state index contributed by atoms with van der Waals surface area (Å²) < 4.78 is 1.95. The molecule has 84 valence electrons. The Morgan fingerprint density at radius 2 is 2.27 bits per heavy atom. The molecule has 0 atom stereocenters. The molecular formula is C9H16N4OS. The molecule has 0 unspecified atom stereocenters. The highest BCUT2D eigenvalue weighted by Crippen LogP contribution is 2.18. The van der Waals surface area contributed by atoms with Crippen LogP contribution in [0.1, 0.15) is 19.9 Å². The van der Waals surface area contributed by atoms with E-state index in [1.165, 1.54) is 11.8 Å². The van der Waals surface area contributed by atoms with Crippen LogP contribution in [-0.4, -0.2) is 45.4 Å². The van der Waals surface area contributed by atoms with E-state index in [1.807, 2.05) is 4.57 Å². The van der Waals surface area contributed by atoms with Crippen LogP contribution in [0.15, 0.2) is 11.5 Å². The topological polar surface area (TPSA) is 51.0 Å². The number of nitrogens with zero attached hydrogens (tertiary/aromatic N) is 4. The average molecular weight is 228 g/mol. The second-order valence-corrected chi connectivity index (χ2v) is 4.63. The van der Waals surface area contributed by atoms with Gasteiger partial charge in [-0.3, -0.25) is 4.79 Å². The predicted molar refractivity (Wildman–Crippen MR) is 59.8 cm³/mol. The van der Waals surface area contributed by atoms with Crippen molar-refractivity contribution < 1.29 is 4.79 Å². The quantitative estimate of drug-likeness (QED) is 0.723. The molecule has 0 bridgehead atoms. The van der Waals surface area contributed by atoms with Crippen LogP contribution in [0.25, 0.3) is 0 Å². The van der Waals surface area contributed by atoms with E-state index in [1.54, 1.807) is 25.3 Å². The summed E-state index contributed by atoms with van der Waals surface area (Å²) >= 11 is 1.42. The molecule has 5 nitrogen and oxygen atoms in total. The molecule has 0 saturated heterocycles. The number of rotatable bonds is 4. The van der Waals surface area contributed by atoms with E-state index in [-0.39, 0.29) is 5.91 Å². The lowest BCUT2D eigenvalue weighted by molar-refractivity contribution is -0.125.